The number of ether oxygens (including phenoxy) is 1. The van der Waals surface area contributed by atoms with Crippen molar-refractivity contribution in [2.24, 2.45) is 0 Å². The number of rotatable bonds is 10. The van der Waals surface area contributed by atoms with Gasteiger partial charge < -0.3 is 14.7 Å². The molecule has 38 heavy (non-hydrogen) atoms. The third-order valence-electron chi connectivity index (χ3n) is 6.95. The first-order valence-corrected chi connectivity index (χ1v) is 13.2. The maximum Gasteiger partial charge on any atom is 0.323 e. The fourth-order valence-electron chi connectivity index (χ4n) is 4.94. The van der Waals surface area contributed by atoms with Crippen LogP contribution in [0.1, 0.15) is 60.9 Å². The zero-order valence-corrected chi connectivity index (χ0v) is 22.7. The lowest BCUT2D eigenvalue weighted by molar-refractivity contribution is -0.144. The van der Waals surface area contributed by atoms with Gasteiger partial charge in [0.2, 0.25) is 5.91 Å². The molecule has 3 aromatic rings. The first-order chi connectivity index (χ1) is 18.0. The van der Waals surface area contributed by atoms with Crippen molar-refractivity contribution >= 4 is 23.5 Å². The molecular weight excluding hydrogens is 505 g/mol. The topological polar surface area (TPSA) is 66.8 Å². The fraction of sp³-hybridized carbons (Fsp3) is 0.355. The molecule has 1 aliphatic heterocycles. The van der Waals surface area contributed by atoms with Gasteiger partial charge >= 0.3 is 5.97 Å². The molecule has 1 aliphatic rings. The predicted molar refractivity (Wildman–Crippen MR) is 146 cm³/mol. The molecular formula is C31H33ClFNO4. The summed E-state index contributed by atoms with van der Waals surface area (Å²) in [4.78, 5) is 25.6. The number of fused-ring (bicyclic) bond motifs is 1. The number of carbonyl (C=O) groups excluding carboxylic acids is 1. The van der Waals surface area contributed by atoms with E-state index >= 15 is 0 Å². The molecule has 0 aromatic heterocycles. The molecule has 200 valence electrons. The summed E-state index contributed by atoms with van der Waals surface area (Å²) in [7, 11) is 0. The number of hydrogen-bond acceptors (Lipinski definition) is 3. The number of hydrogen-bond donors (Lipinski definition) is 1. The molecule has 0 unspecified atom stereocenters. The second-order valence-corrected chi connectivity index (χ2v) is 11.0. The van der Waals surface area contributed by atoms with E-state index in [1.165, 1.54) is 28.2 Å². The quantitative estimate of drug-likeness (QED) is 0.317. The van der Waals surface area contributed by atoms with E-state index in [2.05, 4.69) is 51.1 Å². The molecule has 0 saturated heterocycles. The summed E-state index contributed by atoms with van der Waals surface area (Å²) in [6.07, 6.45) is 2.17. The SMILES string of the molecule is CC(C)c1ccc(C[C@@]2(C)Cc3cc(CCC(=O)N(CC(=O)O)Cc4ccc(F)cc4Cl)ccc3O2)cc1. The van der Waals surface area contributed by atoms with E-state index in [4.69, 9.17) is 16.3 Å². The summed E-state index contributed by atoms with van der Waals surface area (Å²) in [5.41, 5.74) is 4.79. The smallest absolute Gasteiger partial charge is 0.323 e. The maximum atomic E-state index is 13.4. The Morgan fingerprint density at radius 3 is 2.45 bits per heavy atom. The van der Waals surface area contributed by atoms with Gasteiger partial charge in [-0.15, -0.1) is 0 Å². The highest BCUT2D eigenvalue weighted by molar-refractivity contribution is 6.31. The van der Waals surface area contributed by atoms with E-state index in [0.717, 1.165) is 35.8 Å². The Balaban J connectivity index is 1.38. The van der Waals surface area contributed by atoms with E-state index in [0.29, 0.717) is 17.9 Å². The molecule has 1 heterocycles. The Bertz CT molecular complexity index is 1320. The molecule has 0 aliphatic carbocycles. The maximum absolute atomic E-state index is 13.4. The summed E-state index contributed by atoms with van der Waals surface area (Å²) in [5, 5.41) is 9.47. The van der Waals surface area contributed by atoms with Gasteiger partial charge in [0.05, 0.1) is 0 Å². The average Bonchev–Trinajstić information content (AvgIpc) is 3.18. The largest absolute Gasteiger partial charge is 0.487 e. The van der Waals surface area contributed by atoms with Gasteiger partial charge in [0.15, 0.2) is 0 Å². The van der Waals surface area contributed by atoms with E-state index in [1.54, 1.807) is 0 Å². The molecule has 3 aromatic carbocycles. The first kappa shape index (κ1) is 27.6. The summed E-state index contributed by atoms with van der Waals surface area (Å²) in [6.45, 7) is 6.03. The number of benzene rings is 3. The van der Waals surface area contributed by atoms with Crippen LogP contribution in [0.5, 0.6) is 5.75 Å². The molecule has 0 fully saturated rings. The summed E-state index contributed by atoms with van der Waals surface area (Å²) in [5.74, 6) is -0.562. The van der Waals surface area contributed by atoms with Crippen LogP contribution in [0.4, 0.5) is 4.39 Å². The molecule has 0 radical (unpaired) electrons. The van der Waals surface area contributed by atoms with Gasteiger partial charge in [-0.3, -0.25) is 9.59 Å². The molecule has 0 saturated carbocycles. The molecule has 0 spiro atoms. The standard InChI is InChI=1S/C31H33ClFNO4/c1-20(2)23-8-4-22(5-9-23)16-31(3)17-25-14-21(6-12-28(25)38-31)7-13-29(35)34(19-30(36)37)18-24-10-11-26(33)15-27(24)32/h4-6,8-12,14-15,20H,7,13,16-19H2,1-3H3,(H,36,37)/t31-/m0/s1. The van der Waals surface area contributed by atoms with Crippen LogP contribution >= 0.6 is 11.6 Å². The number of aryl methyl sites for hydroxylation is 1. The van der Waals surface area contributed by atoms with Crippen LogP contribution in [0.25, 0.3) is 0 Å². The molecule has 7 heteroatoms. The number of nitrogens with zero attached hydrogens (tertiary/aromatic N) is 1. The van der Waals surface area contributed by atoms with E-state index < -0.39 is 18.3 Å². The van der Waals surface area contributed by atoms with Gasteiger partial charge in [0.1, 0.15) is 23.7 Å². The minimum Gasteiger partial charge on any atom is -0.487 e. The van der Waals surface area contributed by atoms with Gasteiger partial charge in [0, 0.05) is 30.8 Å². The highest BCUT2D eigenvalue weighted by Gasteiger charge is 2.35. The summed E-state index contributed by atoms with van der Waals surface area (Å²) >= 11 is 6.10. The lowest BCUT2D eigenvalue weighted by Gasteiger charge is -2.24. The van der Waals surface area contributed by atoms with Gasteiger partial charge in [0.25, 0.3) is 0 Å². The van der Waals surface area contributed by atoms with Crippen LogP contribution < -0.4 is 4.74 Å². The minimum absolute atomic E-state index is 0.00121. The van der Waals surface area contributed by atoms with Crippen molar-refractivity contribution in [3.63, 3.8) is 0 Å². The number of amides is 1. The number of carbonyl (C=O) groups is 2. The van der Waals surface area contributed by atoms with Crippen LogP contribution in [0.15, 0.2) is 60.7 Å². The van der Waals surface area contributed by atoms with Gasteiger partial charge in [-0.1, -0.05) is 67.9 Å². The second-order valence-electron chi connectivity index (χ2n) is 10.6. The van der Waals surface area contributed by atoms with E-state index in [1.807, 2.05) is 12.1 Å². The Labute approximate surface area is 228 Å². The number of halogens is 2. The molecule has 5 nitrogen and oxygen atoms in total. The first-order valence-electron chi connectivity index (χ1n) is 12.8. The predicted octanol–water partition coefficient (Wildman–Crippen LogP) is 6.58. The van der Waals surface area contributed by atoms with Crippen LogP contribution in [0, 0.1) is 5.82 Å². The van der Waals surface area contributed by atoms with E-state index in [-0.39, 0.29) is 29.5 Å². The van der Waals surface area contributed by atoms with Crippen LogP contribution in [-0.4, -0.2) is 34.0 Å². The molecule has 4 rings (SSSR count). The lowest BCUT2D eigenvalue weighted by atomic mass is 9.90. The Morgan fingerprint density at radius 2 is 1.79 bits per heavy atom. The van der Waals surface area contributed by atoms with Gasteiger partial charge in [-0.05, 0) is 65.3 Å². The van der Waals surface area contributed by atoms with Crippen molar-refractivity contribution in [2.45, 2.75) is 64.5 Å². The normalized spacial score (nSPS) is 16.3. The third kappa shape index (κ3) is 6.93. The van der Waals surface area contributed by atoms with Crippen molar-refractivity contribution in [2.75, 3.05) is 6.54 Å². The number of aliphatic carboxylic acids is 1. The van der Waals surface area contributed by atoms with Crippen molar-refractivity contribution in [1.82, 2.24) is 4.90 Å². The lowest BCUT2D eigenvalue weighted by Crippen LogP contribution is -2.35. The second kappa shape index (κ2) is 11.6. The summed E-state index contributed by atoms with van der Waals surface area (Å²) in [6, 6.07) is 18.6. The highest BCUT2D eigenvalue weighted by atomic mass is 35.5. The molecule has 1 N–H and O–H groups in total. The van der Waals surface area contributed by atoms with Gasteiger partial charge in [-0.25, -0.2) is 4.39 Å². The van der Waals surface area contributed by atoms with Gasteiger partial charge in [-0.2, -0.15) is 0 Å². The monoisotopic (exact) mass is 537 g/mol. The van der Waals surface area contributed by atoms with Crippen molar-refractivity contribution in [3.05, 3.63) is 99.3 Å². The van der Waals surface area contributed by atoms with Crippen molar-refractivity contribution < 1.29 is 23.8 Å². The molecule has 1 atom stereocenters. The number of carboxylic acids is 1. The van der Waals surface area contributed by atoms with Crippen LogP contribution in [-0.2, 0) is 35.4 Å². The Kier molecular flexibility index (Phi) is 8.41. The Hall–Kier alpha value is -3.38. The van der Waals surface area contributed by atoms with Crippen molar-refractivity contribution in [1.29, 1.82) is 0 Å². The minimum atomic E-state index is -1.12. The highest BCUT2D eigenvalue weighted by Crippen LogP contribution is 2.38. The molecule has 0 bridgehead atoms. The average molecular weight is 538 g/mol. The summed E-state index contributed by atoms with van der Waals surface area (Å²) < 4.78 is 19.7. The fourth-order valence-corrected chi connectivity index (χ4v) is 5.17. The zero-order valence-electron chi connectivity index (χ0n) is 22.0. The van der Waals surface area contributed by atoms with Crippen LogP contribution in [0.3, 0.4) is 0 Å². The Morgan fingerprint density at radius 1 is 1.08 bits per heavy atom. The third-order valence-corrected chi connectivity index (χ3v) is 7.30. The van der Waals surface area contributed by atoms with Crippen LogP contribution in [0.2, 0.25) is 5.02 Å². The number of carboxylic acid groups (broad SMARTS) is 1. The van der Waals surface area contributed by atoms with E-state index in [9.17, 15) is 19.1 Å². The zero-order chi connectivity index (χ0) is 27.4. The van der Waals surface area contributed by atoms with Crippen molar-refractivity contribution in [3.8, 4) is 5.75 Å². The molecule has 1 amide bonds.